The zero-order valence-corrected chi connectivity index (χ0v) is 18.1. The number of carbonyl (C=O) groups excluding carboxylic acids is 2. The highest BCUT2D eigenvalue weighted by Crippen LogP contribution is 2.41. The number of alkyl halides is 3. The van der Waals surface area contributed by atoms with Gasteiger partial charge in [-0.2, -0.15) is 13.2 Å². The third-order valence-electron chi connectivity index (χ3n) is 6.30. The normalized spacial score (nSPS) is 19.9. The lowest BCUT2D eigenvalue weighted by atomic mass is 9.89. The van der Waals surface area contributed by atoms with Crippen molar-refractivity contribution in [3.63, 3.8) is 0 Å². The van der Waals surface area contributed by atoms with Crippen LogP contribution in [0, 0.1) is 11.6 Å². The van der Waals surface area contributed by atoms with Gasteiger partial charge in [0.1, 0.15) is 23.4 Å². The van der Waals surface area contributed by atoms with Crippen molar-refractivity contribution in [2.45, 2.75) is 56.6 Å². The van der Waals surface area contributed by atoms with Gasteiger partial charge in [0.2, 0.25) is 5.91 Å². The molecule has 182 valence electrons. The first-order chi connectivity index (χ1) is 16.1. The average Bonchev–Trinajstić information content (AvgIpc) is 3.15. The molecule has 0 radical (unpaired) electrons. The van der Waals surface area contributed by atoms with E-state index in [0.717, 1.165) is 43.5 Å². The van der Waals surface area contributed by atoms with E-state index in [1.165, 1.54) is 17.0 Å². The van der Waals surface area contributed by atoms with Crippen LogP contribution in [-0.2, 0) is 22.3 Å². The smallest absolute Gasteiger partial charge is 0.353 e. The molecule has 1 spiro atoms. The molecule has 1 N–H and O–H groups in total. The van der Waals surface area contributed by atoms with Crippen molar-refractivity contribution in [1.29, 1.82) is 0 Å². The minimum Gasteiger partial charge on any atom is -0.353 e. The van der Waals surface area contributed by atoms with Crippen LogP contribution < -0.4 is 5.32 Å². The van der Waals surface area contributed by atoms with E-state index < -0.39 is 47.0 Å². The van der Waals surface area contributed by atoms with Crippen LogP contribution in [0.25, 0.3) is 0 Å². The Labute approximate surface area is 192 Å². The molecule has 1 saturated heterocycles. The third kappa shape index (κ3) is 4.77. The summed E-state index contributed by atoms with van der Waals surface area (Å²) < 4.78 is 72.7. The van der Waals surface area contributed by atoms with E-state index in [2.05, 4.69) is 5.32 Å². The Bertz CT molecular complexity index is 1080. The fourth-order valence-electron chi connectivity index (χ4n) is 4.63. The SMILES string of the molecule is O=C(NCc1cccc(C(F)(F)F)c1)C1COC2(CCCCC2)N1C(=O)c1ccc(F)cc1F. The number of hydrogen-bond acceptors (Lipinski definition) is 3. The first-order valence-electron chi connectivity index (χ1n) is 11.0. The molecule has 0 bridgehead atoms. The van der Waals surface area contributed by atoms with Crippen molar-refractivity contribution >= 4 is 11.8 Å². The van der Waals surface area contributed by atoms with Crippen LogP contribution in [0.4, 0.5) is 22.0 Å². The summed E-state index contributed by atoms with van der Waals surface area (Å²) in [6.45, 7) is -0.331. The minimum atomic E-state index is -4.52. The summed E-state index contributed by atoms with van der Waals surface area (Å²) in [5, 5.41) is 2.57. The molecule has 1 atom stereocenters. The zero-order chi connectivity index (χ0) is 24.5. The van der Waals surface area contributed by atoms with E-state index >= 15 is 0 Å². The summed E-state index contributed by atoms with van der Waals surface area (Å²) in [6, 6.07) is 6.03. The monoisotopic (exact) mass is 482 g/mol. The fourth-order valence-corrected chi connectivity index (χ4v) is 4.63. The van der Waals surface area contributed by atoms with Gasteiger partial charge in [0.25, 0.3) is 5.91 Å². The van der Waals surface area contributed by atoms with E-state index in [4.69, 9.17) is 4.74 Å². The summed E-state index contributed by atoms with van der Waals surface area (Å²) in [4.78, 5) is 27.7. The summed E-state index contributed by atoms with van der Waals surface area (Å²) in [5.41, 5.74) is -2.08. The first-order valence-corrected chi connectivity index (χ1v) is 11.0. The molecule has 1 aliphatic carbocycles. The molecule has 2 aromatic carbocycles. The Morgan fingerprint density at radius 3 is 2.47 bits per heavy atom. The Hall–Kier alpha value is -3.01. The predicted molar refractivity (Wildman–Crippen MR) is 111 cm³/mol. The Kier molecular flexibility index (Phi) is 6.62. The number of nitrogens with one attached hydrogen (secondary N) is 1. The number of ether oxygens (including phenoxy) is 1. The lowest BCUT2D eigenvalue weighted by molar-refractivity contribution is -0.137. The lowest BCUT2D eigenvalue weighted by Gasteiger charge is -2.41. The van der Waals surface area contributed by atoms with Crippen LogP contribution in [-0.4, -0.2) is 35.1 Å². The number of rotatable bonds is 4. The molecule has 1 saturated carbocycles. The molecule has 10 heteroatoms. The maximum atomic E-state index is 14.4. The van der Waals surface area contributed by atoms with Gasteiger partial charge >= 0.3 is 6.18 Å². The zero-order valence-electron chi connectivity index (χ0n) is 18.1. The molecule has 2 aliphatic rings. The van der Waals surface area contributed by atoms with Gasteiger partial charge in [0.05, 0.1) is 17.7 Å². The van der Waals surface area contributed by atoms with Gasteiger partial charge in [-0.15, -0.1) is 0 Å². The van der Waals surface area contributed by atoms with Crippen LogP contribution in [0.15, 0.2) is 42.5 Å². The molecule has 1 unspecified atom stereocenters. The second-order valence-electron chi connectivity index (χ2n) is 8.55. The van der Waals surface area contributed by atoms with Crippen molar-refractivity contribution in [1.82, 2.24) is 10.2 Å². The summed E-state index contributed by atoms with van der Waals surface area (Å²) in [5.74, 6) is -3.31. The van der Waals surface area contributed by atoms with Gasteiger partial charge in [-0.1, -0.05) is 18.6 Å². The number of benzene rings is 2. The molecule has 2 fully saturated rings. The van der Waals surface area contributed by atoms with E-state index in [1.807, 2.05) is 0 Å². The van der Waals surface area contributed by atoms with Gasteiger partial charge in [-0.3, -0.25) is 14.5 Å². The maximum absolute atomic E-state index is 14.4. The van der Waals surface area contributed by atoms with Crippen molar-refractivity contribution in [3.8, 4) is 0 Å². The predicted octanol–water partition coefficient (Wildman–Crippen LogP) is 4.80. The molecular weight excluding hydrogens is 459 g/mol. The van der Waals surface area contributed by atoms with E-state index in [1.54, 1.807) is 0 Å². The molecule has 34 heavy (non-hydrogen) atoms. The number of halogens is 5. The highest BCUT2D eigenvalue weighted by molar-refractivity contribution is 5.98. The number of carbonyl (C=O) groups is 2. The molecular formula is C24H23F5N2O3. The van der Waals surface area contributed by atoms with Crippen LogP contribution in [0.1, 0.15) is 53.6 Å². The summed E-state index contributed by atoms with van der Waals surface area (Å²) in [6.07, 6.45) is -1.19. The standard InChI is InChI=1S/C24H23F5N2O3/c25-17-7-8-18(19(26)12-17)22(33)31-20(14-34-23(31)9-2-1-3-10-23)21(32)30-13-15-5-4-6-16(11-15)24(27,28)29/h4-8,11-12,20H,1-3,9-10,13-14H2,(H,30,32). The maximum Gasteiger partial charge on any atom is 0.416 e. The Morgan fingerprint density at radius 1 is 1.06 bits per heavy atom. The lowest BCUT2D eigenvalue weighted by Crippen LogP contribution is -2.56. The Morgan fingerprint density at radius 2 is 1.79 bits per heavy atom. The number of hydrogen-bond donors (Lipinski definition) is 1. The third-order valence-corrected chi connectivity index (χ3v) is 6.30. The molecule has 2 amide bonds. The second kappa shape index (κ2) is 9.32. The molecule has 4 rings (SSSR count). The molecule has 1 heterocycles. The quantitative estimate of drug-likeness (QED) is 0.637. The van der Waals surface area contributed by atoms with Gasteiger partial charge < -0.3 is 10.1 Å². The summed E-state index contributed by atoms with van der Waals surface area (Å²) >= 11 is 0. The van der Waals surface area contributed by atoms with Crippen LogP contribution in [0.5, 0.6) is 0 Å². The minimum absolute atomic E-state index is 0.136. The van der Waals surface area contributed by atoms with Gasteiger partial charge in [0.15, 0.2) is 0 Å². The van der Waals surface area contributed by atoms with Crippen molar-refractivity contribution in [3.05, 3.63) is 70.8 Å². The molecule has 2 aromatic rings. The first kappa shape index (κ1) is 24.1. The molecule has 1 aliphatic heterocycles. The van der Waals surface area contributed by atoms with E-state index in [9.17, 15) is 31.5 Å². The van der Waals surface area contributed by atoms with Crippen LogP contribution >= 0.6 is 0 Å². The Balaban J connectivity index is 1.57. The van der Waals surface area contributed by atoms with Crippen molar-refractivity contribution in [2.75, 3.05) is 6.61 Å². The molecule has 5 nitrogen and oxygen atoms in total. The van der Waals surface area contributed by atoms with E-state index in [0.29, 0.717) is 18.9 Å². The van der Waals surface area contributed by atoms with Crippen LogP contribution in [0.2, 0.25) is 0 Å². The van der Waals surface area contributed by atoms with E-state index in [-0.39, 0.29) is 24.3 Å². The van der Waals surface area contributed by atoms with Crippen LogP contribution in [0.3, 0.4) is 0 Å². The topological polar surface area (TPSA) is 58.6 Å². The highest BCUT2D eigenvalue weighted by atomic mass is 19.4. The highest BCUT2D eigenvalue weighted by Gasteiger charge is 2.53. The van der Waals surface area contributed by atoms with Crippen molar-refractivity contribution in [2.24, 2.45) is 0 Å². The van der Waals surface area contributed by atoms with Gasteiger partial charge in [-0.05, 0) is 55.5 Å². The fraction of sp³-hybridized carbons (Fsp3) is 0.417. The van der Waals surface area contributed by atoms with Crippen molar-refractivity contribution < 1.29 is 36.3 Å². The van der Waals surface area contributed by atoms with Gasteiger partial charge in [-0.25, -0.2) is 8.78 Å². The number of nitrogens with zero attached hydrogens (tertiary/aromatic N) is 1. The largest absolute Gasteiger partial charge is 0.416 e. The number of amides is 2. The van der Waals surface area contributed by atoms with Gasteiger partial charge in [0, 0.05) is 12.6 Å². The average molecular weight is 482 g/mol. The molecule has 0 aromatic heterocycles. The second-order valence-corrected chi connectivity index (χ2v) is 8.55. The summed E-state index contributed by atoms with van der Waals surface area (Å²) in [7, 11) is 0.